The molecule has 0 unspecified atom stereocenters. The van der Waals surface area contributed by atoms with Gasteiger partial charge in [0.1, 0.15) is 28.8 Å². The van der Waals surface area contributed by atoms with Crippen molar-refractivity contribution in [2.75, 3.05) is 11.9 Å². The molecule has 0 amide bonds. The average molecular weight is 325 g/mol. The van der Waals surface area contributed by atoms with Crippen molar-refractivity contribution >= 4 is 27.4 Å². The van der Waals surface area contributed by atoms with Crippen LogP contribution in [0.25, 0.3) is 10.2 Å². The van der Waals surface area contributed by atoms with E-state index in [-0.39, 0.29) is 6.10 Å². The van der Waals surface area contributed by atoms with E-state index < -0.39 is 0 Å². The second-order valence-electron chi connectivity index (χ2n) is 5.88. The zero-order chi connectivity index (χ0) is 15.6. The van der Waals surface area contributed by atoms with Crippen molar-refractivity contribution in [1.82, 2.24) is 9.97 Å². The number of nitrogens with one attached hydrogen (secondary N) is 1. The molecule has 4 rings (SSSR count). The molecular formula is C18H19N3OS. The Morgan fingerprint density at radius 1 is 1.22 bits per heavy atom. The largest absolute Gasteiger partial charge is 0.489 e. The molecule has 0 aliphatic heterocycles. The molecule has 0 saturated carbocycles. The van der Waals surface area contributed by atoms with E-state index in [1.807, 2.05) is 41.7 Å². The number of hydrogen-bond donors (Lipinski definition) is 1. The van der Waals surface area contributed by atoms with Gasteiger partial charge in [0, 0.05) is 4.88 Å². The standard InChI is InChI=1S/C18H19N3OS/c1-12(22-13-6-3-2-4-7-13)10-19-17-16-14-8-5-9-15(14)23-18(16)21-11-20-17/h2-4,6-7,11-12H,5,8-10H2,1H3,(H,19,20,21)/t12-/m1/s1. The Hall–Kier alpha value is -2.14. The van der Waals surface area contributed by atoms with E-state index in [4.69, 9.17) is 4.74 Å². The van der Waals surface area contributed by atoms with Gasteiger partial charge in [-0.3, -0.25) is 0 Å². The number of para-hydroxylation sites is 1. The molecule has 0 spiro atoms. The lowest BCUT2D eigenvalue weighted by molar-refractivity contribution is 0.234. The lowest BCUT2D eigenvalue weighted by atomic mass is 10.2. The first-order valence-corrected chi connectivity index (χ1v) is 8.84. The van der Waals surface area contributed by atoms with Gasteiger partial charge in [-0.2, -0.15) is 0 Å². The summed E-state index contributed by atoms with van der Waals surface area (Å²) in [6, 6.07) is 9.91. The highest BCUT2D eigenvalue weighted by Gasteiger charge is 2.21. The van der Waals surface area contributed by atoms with Crippen LogP contribution in [0.5, 0.6) is 5.75 Å². The summed E-state index contributed by atoms with van der Waals surface area (Å²) in [5.41, 5.74) is 1.45. The van der Waals surface area contributed by atoms with Gasteiger partial charge in [0.05, 0.1) is 11.9 Å². The van der Waals surface area contributed by atoms with Gasteiger partial charge < -0.3 is 10.1 Å². The van der Waals surface area contributed by atoms with E-state index in [9.17, 15) is 0 Å². The Kier molecular flexibility index (Phi) is 3.87. The summed E-state index contributed by atoms with van der Waals surface area (Å²) in [5, 5.41) is 4.67. The molecule has 1 atom stereocenters. The maximum atomic E-state index is 5.92. The maximum Gasteiger partial charge on any atom is 0.138 e. The highest BCUT2D eigenvalue weighted by Crippen LogP contribution is 2.38. The minimum atomic E-state index is 0.0640. The summed E-state index contributed by atoms with van der Waals surface area (Å²) < 4.78 is 5.92. The third kappa shape index (κ3) is 2.88. The predicted octanol–water partition coefficient (Wildman–Crippen LogP) is 4.06. The van der Waals surface area contributed by atoms with Crippen molar-refractivity contribution in [3.8, 4) is 5.75 Å². The number of aromatic nitrogens is 2. The summed E-state index contributed by atoms with van der Waals surface area (Å²) in [7, 11) is 0. The molecule has 1 N–H and O–H groups in total. The van der Waals surface area contributed by atoms with Crippen molar-refractivity contribution in [3.63, 3.8) is 0 Å². The first-order valence-electron chi connectivity index (χ1n) is 8.02. The Bertz CT molecular complexity index is 816. The molecule has 0 radical (unpaired) electrons. The minimum absolute atomic E-state index is 0.0640. The number of aryl methyl sites for hydroxylation is 2. The van der Waals surface area contributed by atoms with Gasteiger partial charge >= 0.3 is 0 Å². The molecule has 1 aromatic carbocycles. The van der Waals surface area contributed by atoms with Gasteiger partial charge in [0.25, 0.3) is 0 Å². The smallest absolute Gasteiger partial charge is 0.138 e. The number of nitrogens with zero attached hydrogens (tertiary/aromatic N) is 2. The van der Waals surface area contributed by atoms with Crippen LogP contribution >= 0.6 is 11.3 Å². The van der Waals surface area contributed by atoms with Crippen LogP contribution in [0.4, 0.5) is 5.82 Å². The first-order chi connectivity index (χ1) is 11.3. The molecule has 1 aliphatic carbocycles. The van der Waals surface area contributed by atoms with Gasteiger partial charge in [-0.1, -0.05) is 18.2 Å². The Morgan fingerprint density at radius 3 is 2.96 bits per heavy atom. The number of rotatable bonds is 5. The van der Waals surface area contributed by atoms with E-state index in [1.165, 1.54) is 28.7 Å². The number of anilines is 1. The molecular weight excluding hydrogens is 306 g/mol. The van der Waals surface area contributed by atoms with Crippen LogP contribution in [-0.4, -0.2) is 22.6 Å². The quantitative estimate of drug-likeness (QED) is 0.768. The van der Waals surface area contributed by atoms with Gasteiger partial charge in [-0.15, -0.1) is 11.3 Å². The topological polar surface area (TPSA) is 47.0 Å². The van der Waals surface area contributed by atoms with Crippen LogP contribution in [0.2, 0.25) is 0 Å². The van der Waals surface area contributed by atoms with Crippen LogP contribution in [-0.2, 0) is 12.8 Å². The van der Waals surface area contributed by atoms with E-state index in [0.29, 0.717) is 6.54 Å². The second-order valence-corrected chi connectivity index (χ2v) is 6.97. The summed E-state index contributed by atoms with van der Waals surface area (Å²) >= 11 is 1.82. The van der Waals surface area contributed by atoms with Gasteiger partial charge in [0.2, 0.25) is 0 Å². The van der Waals surface area contributed by atoms with Crippen LogP contribution in [0, 0.1) is 0 Å². The highest BCUT2D eigenvalue weighted by molar-refractivity contribution is 7.19. The lowest BCUT2D eigenvalue weighted by Gasteiger charge is -2.16. The van der Waals surface area contributed by atoms with Gasteiger partial charge in [-0.05, 0) is 43.9 Å². The molecule has 118 valence electrons. The Balaban J connectivity index is 1.50. The summed E-state index contributed by atoms with van der Waals surface area (Å²) in [5.74, 6) is 1.84. The number of fused-ring (bicyclic) bond motifs is 3. The van der Waals surface area contributed by atoms with E-state index >= 15 is 0 Å². The predicted molar refractivity (Wildman–Crippen MR) is 94.5 cm³/mol. The molecule has 0 bridgehead atoms. The van der Waals surface area contributed by atoms with E-state index in [0.717, 1.165) is 22.8 Å². The summed E-state index contributed by atoms with van der Waals surface area (Å²) in [4.78, 5) is 11.5. The van der Waals surface area contributed by atoms with Gasteiger partial charge in [-0.25, -0.2) is 9.97 Å². The van der Waals surface area contributed by atoms with Gasteiger partial charge in [0.15, 0.2) is 0 Å². The fourth-order valence-corrected chi connectivity index (χ4v) is 4.30. The molecule has 0 fully saturated rings. The van der Waals surface area contributed by atoms with Crippen molar-refractivity contribution in [2.45, 2.75) is 32.3 Å². The van der Waals surface area contributed by atoms with E-state index in [2.05, 4.69) is 22.2 Å². The number of thiophene rings is 1. The fourth-order valence-electron chi connectivity index (χ4n) is 3.08. The molecule has 4 nitrogen and oxygen atoms in total. The van der Waals surface area contributed by atoms with Crippen molar-refractivity contribution in [3.05, 3.63) is 47.1 Å². The minimum Gasteiger partial charge on any atom is -0.489 e. The van der Waals surface area contributed by atoms with Crippen LogP contribution in [0.3, 0.4) is 0 Å². The third-order valence-electron chi connectivity index (χ3n) is 4.14. The zero-order valence-electron chi connectivity index (χ0n) is 13.1. The van der Waals surface area contributed by atoms with Crippen LogP contribution < -0.4 is 10.1 Å². The van der Waals surface area contributed by atoms with E-state index in [1.54, 1.807) is 6.33 Å². The third-order valence-corrected chi connectivity index (χ3v) is 5.34. The maximum absolute atomic E-state index is 5.92. The highest BCUT2D eigenvalue weighted by atomic mass is 32.1. The average Bonchev–Trinajstić information content (AvgIpc) is 3.14. The van der Waals surface area contributed by atoms with Crippen LogP contribution in [0.1, 0.15) is 23.8 Å². The Morgan fingerprint density at radius 2 is 2.09 bits per heavy atom. The summed E-state index contributed by atoms with van der Waals surface area (Å²) in [6.45, 7) is 2.78. The molecule has 1 aliphatic rings. The lowest BCUT2D eigenvalue weighted by Crippen LogP contribution is -2.23. The monoisotopic (exact) mass is 325 g/mol. The molecule has 2 heterocycles. The SMILES string of the molecule is C[C@H](CNc1ncnc2sc3c(c12)CCC3)Oc1ccccc1. The molecule has 3 aromatic rings. The van der Waals surface area contributed by atoms with Crippen molar-refractivity contribution in [2.24, 2.45) is 0 Å². The first kappa shape index (κ1) is 14.5. The zero-order valence-corrected chi connectivity index (χ0v) is 13.9. The molecule has 0 saturated heterocycles. The van der Waals surface area contributed by atoms with Crippen LogP contribution in [0.15, 0.2) is 36.7 Å². The Labute approximate surface area is 139 Å². The van der Waals surface area contributed by atoms with Crippen molar-refractivity contribution < 1.29 is 4.74 Å². The number of benzene rings is 1. The van der Waals surface area contributed by atoms with Crippen molar-refractivity contribution in [1.29, 1.82) is 0 Å². The second kappa shape index (κ2) is 6.16. The number of ether oxygens (including phenoxy) is 1. The molecule has 23 heavy (non-hydrogen) atoms. The normalized spacial score (nSPS) is 14.7. The number of hydrogen-bond acceptors (Lipinski definition) is 5. The fraction of sp³-hybridized carbons (Fsp3) is 0.333. The molecule has 2 aromatic heterocycles. The molecule has 5 heteroatoms. The summed E-state index contributed by atoms with van der Waals surface area (Å²) in [6.07, 6.45) is 5.29.